The highest BCUT2D eigenvalue weighted by atomic mass is 19.1. The average molecular weight is 473 g/mol. The molecule has 8 heteroatoms. The SMILES string of the molecule is CC(C)Oc1ccccc1N1CCN(C2CCC(NC(=O)Nc3cc(F)ccc3F)CC2)CC1. The van der Waals surface area contributed by atoms with Gasteiger partial charge < -0.3 is 20.3 Å². The number of hydrogen-bond donors (Lipinski definition) is 2. The highest BCUT2D eigenvalue weighted by Crippen LogP contribution is 2.31. The third-order valence-electron chi connectivity index (χ3n) is 6.61. The van der Waals surface area contributed by atoms with Crippen molar-refractivity contribution in [1.82, 2.24) is 10.2 Å². The van der Waals surface area contributed by atoms with Gasteiger partial charge in [0, 0.05) is 44.3 Å². The topological polar surface area (TPSA) is 56.8 Å². The first-order valence-corrected chi connectivity index (χ1v) is 12.2. The minimum Gasteiger partial charge on any atom is -0.489 e. The van der Waals surface area contributed by atoms with Gasteiger partial charge in [-0.05, 0) is 63.8 Å². The van der Waals surface area contributed by atoms with Crippen LogP contribution in [-0.4, -0.2) is 55.3 Å². The number of nitrogens with zero attached hydrogens (tertiary/aromatic N) is 2. The fraction of sp³-hybridized carbons (Fsp3) is 0.500. The molecule has 0 bridgehead atoms. The summed E-state index contributed by atoms with van der Waals surface area (Å²) in [6.45, 7) is 8.00. The molecule has 2 aromatic rings. The van der Waals surface area contributed by atoms with E-state index in [-0.39, 0.29) is 17.8 Å². The van der Waals surface area contributed by atoms with E-state index in [1.807, 2.05) is 26.0 Å². The molecule has 0 atom stereocenters. The van der Waals surface area contributed by atoms with Crippen molar-refractivity contribution in [1.29, 1.82) is 0 Å². The van der Waals surface area contributed by atoms with Crippen molar-refractivity contribution in [2.24, 2.45) is 0 Å². The zero-order valence-corrected chi connectivity index (χ0v) is 19.9. The second-order valence-electron chi connectivity index (χ2n) is 9.39. The lowest BCUT2D eigenvalue weighted by molar-refractivity contribution is 0.137. The van der Waals surface area contributed by atoms with Gasteiger partial charge in [0.25, 0.3) is 0 Å². The molecule has 1 aliphatic carbocycles. The van der Waals surface area contributed by atoms with Crippen LogP contribution in [0.3, 0.4) is 0 Å². The Bertz CT molecular complexity index is 971. The molecule has 0 unspecified atom stereocenters. The van der Waals surface area contributed by atoms with Crippen LogP contribution in [0.4, 0.5) is 25.0 Å². The van der Waals surface area contributed by atoms with Crippen molar-refractivity contribution in [2.45, 2.75) is 57.7 Å². The number of ether oxygens (including phenoxy) is 1. The van der Waals surface area contributed by atoms with Gasteiger partial charge in [-0.15, -0.1) is 0 Å². The number of anilines is 2. The van der Waals surface area contributed by atoms with Gasteiger partial charge in [-0.2, -0.15) is 0 Å². The molecule has 1 saturated heterocycles. The van der Waals surface area contributed by atoms with Crippen LogP contribution in [0.5, 0.6) is 5.75 Å². The van der Waals surface area contributed by atoms with Crippen LogP contribution in [0.1, 0.15) is 39.5 Å². The molecule has 2 fully saturated rings. The third kappa shape index (κ3) is 6.17. The normalized spacial score (nSPS) is 21.4. The number of benzene rings is 2. The number of carbonyl (C=O) groups excluding carboxylic acids is 1. The van der Waals surface area contributed by atoms with E-state index in [1.165, 1.54) is 0 Å². The summed E-state index contributed by atoms with van der Waals surface area (Å²) in [5.41, 5.74) is 1.01. The summed E-state index contributed by atoms with van der Waals surface area (Å²) < 4.78 is 33.1. The van der Waals surface area contributed by atoms with Gasteiger partial charge in [0.15, 0.2) is 0 Å². The molecule has 1 heterocycles. The lowest BCUT2D eigenvalue weighted by atomic mass is 9.90. The number of piperazine rings is 1. The highest BCUT2D eigenvalue weighted by molar-refractivity contribution is 5.89. The Balaban J connectivity index is 1.23. The summed E-state index contributed by atoms with van der Waals surface area (Å²) in [6.07, 6.45) is 3.89. The fourth-order valence-corrected chi connectivity index (χ4v) is 4.92. The minimum absolute atomic E-state index is 0.0363. The van der Waals surface area contributed by atoms with Crippen LogP contribution in [0.25, 0.3) is 0 Å². The third-order valence-corrected chi connectivity index (χ3v) is 6.61. The smallest absolute Gasteiger partial charge is 0.319 e. The molecule has 6 nitrogen and oxygen atoms in total. The van der Waals surface area contributed by atoms with E-state index in [0.29, 0.717) is 6.04 Å². The van der Waals surface area contributed by atoms with Crippen molar-refractivity contribution in [3.63, 3.8) is 0 Å². The molecular weight excluding hydrogens is 438 g/mol. The van der Waals surface area contributed by atoms with Crippen LogP contribution >= 0.6 is 0 Å². The lowest BCUT2D eigenvalue weighted by Crippen LogP contribution is -2.52. The second kappa shape index (κ2) is 11.0. The summed E-state index contributed by atoms with van der Waals surface area (Å²) in [6, 6.07) is 11.3. The Kier molecular flexibility index (Phi) is 7.88. The Morgan fingerprint density at radius 2 is 1.71 bits per heavy atom. The molecular formula is C26H34F2N4O2. The summed E-state index contributed by atoms with van der Waals surface area (Å²) in [5.74, 6) is -0.306. The van der Waals surface area contributed by atoms with Crippen LogP contribution in [-0.2, 0) is 0 Å². The maximum absolute atomic E-state index is 13.8. The van der Waals surface area contributed by atoms with Gasteiger partial charge in [-0.1, -0.05) is 12.1 Å². The predicted molar refractivity (Wildman–Crippen MR) is 131 cm³/mol. The van der Waals surface area contributed by atoms with E-state index in [2.05, 4.69) is 32.6 Å². The van der Waals surface area contributed by atoms with Gasteiger partial charge in [-0.25, -0.2) is 13.6 Å². The van der Waals surface area contributed by atoms with Crippen molar-refractivity contribution in [3.8, 4) is 5.75 Å². The molecule has 34 heavy (non-hydrogen) atoms. The van der Waals surface area contributed by atoms with E-state index >= 15 is 0 Å². The Hall–Kier alpha value is -2.87. The second-order valence-corrected chi connectivity index (χ2v) is 9.39. The van der Waals surface area contributed by atoms with E-state index < -0.39 is 17.7 Å². The molecule has 0 spiro atoms. The first-order valence-electron chi connectivity index (χ1n) is 12.2. The number of rotatable bonds is 6. The standard InChI is InChI=1S/C26H34F2N4O2/c1-18(2)34-25-6-4-3-5-24(25)32-15-13-31(14-16-32)21-10-8-20(9-11-21)29-26(33)30-23-17-19(27)7-12-22(23)28/h3-7,12,17-18,20-21H,8-11,13-16H2,1-2H3,(H2,29,30,33). The van der Waals surface area contributed by atoms with Crippen LogP contribution in [0, 0.1) is 11.6 Å². The Morgan fingerprint density at radius 3 is 2.41 bits per heavy atom. The van der Waals surface area contributed by atoms with Gasteiger partial charge in [-0.3, -0.25) is 4.90 Å². The number of amides is 2. The fourth-order valence-electron chi connectivity index (χ4n) is 4.92. The number of halogens is 2. The zero-order chi connectivity index (χ0) is 24.1. The summed E-state index contributed by atoms with van der Waals surface area (Å²) >= 11 is 0. The molecule has 2 aliphatic rings. The van der Waals surface area contributed by atoms with E-state index in [0.717, 1.165) is 81.5 Å². The summed E-state index contributed by atoms with van der Waals surface area (Å²) in [7, 11) is 0. The molecule has 1 saturated carbocycles. The number of para-hydroxylation sites is 2. The van der Waals surface area contributed by atoms with Crippen LogP contribution in [0.2, 0.25) is 0 Å². The van der Waals surface area contributed by atoms with E-state index in [9.17, 15) is 13.6 Å². The first kappa shape index (κ1) is 24.3. The predicted octanol–water partition coefficient (Wildman–Crippen LogP) is 5.01. The molecule has 2 N–H and O–H groups in total. The van der Waals surface area contributed by atoms with E-state index in [4.69, 9.17) is 4.74 Å². The average Bonchev–Trinajstić information content (AvgIpc) is 2.82. The summed E-state index contributed by atoms with van der Waals surface area (Å²) in [4.78, 5) is 17.2. The zero-order valence-electron chi connectivity index (χ0n) is 19.9. The van der Waals surface area contributed by atoms with Gasteiger partial charge in [0.1, 0.15) is 17.4 Å². The first-order chi connectivity index (χ1) is 16.4. The quantitative estimate of drug-likeness (QED) is 0.621. The maximum Gasteiger partial charge on any atom is 0.319 e. The van der Waals surface area contributed by atoms with Gasteiger partial charge in [0.2, 0.25) is 0 Å². The number of hydrogen-bond acceptors (Lipinski definition) is 4. The maximum atomic E-state index is 13.8. The molecule has 4 rings (SSSR count). The molecule has 2 amide bonds. The van der Waals surface area contributed by atoms with Crippen molar-refractivity contribution in [2.75, 3.05) is 36.4 Å². The Morgan fingerprint density at radius 1 is 1.00 bits per heavy atom. The van der Waals surface area contributed by atoms with Gasteiger partial charge in [0.05, 0.1) is 17.5 Å². The summed E-state index contributed by atoms with van der Waals surface area (Å²) in [5, 5.41) is 5.33. The number of nitrogens with one attached hydrogen (secondary N) is 2. The van der Waals surface area contributed by atoms with E-state index in [1.54, 1.807) is 0 Å². The number of urea groups is 1. The van der Waals surface area contributed by atoms with Gasteiger partial charge >= 0.3 is 6.03 Å². The molecule has 0 aromatic heterocycles. The number of carbonyl (C=O) groups is 1. The molecule has 2 aromatic carbocycles. The lowest BCUT2D eigenvalue weighted by Gasteiger charge is -2.43. The molecule has 184 valence electrons. The van der Waals surface area contributed by atoms with Crippen molar-refractivity contribution in [3.05, 3.63) is 54.1 Å². The van der Waals surface area contributed by atoms with Crippen molar-refractivity contribution < 1.29 is 18.3 Å². The highest BCUT2D eigenvalue weighted by Gasteiger charge is 2.29. The minimum atomic E-state index is -0.655. The molecule has 1 aliphatic heterocycles. The molecule has 0 radical (unpaired) electrons. The Labute approximate surface area is 200 Å². The monoisotopic (exact) mass is 472 g/mol. The largest absolute Gasteiger partial charge is 0.489 e. The van der Waals surface area contributed by atoms with Crippen LogP contribution < -0.4 is 20.3 Å². The van der Waals surface area contributed by atoms with Crippen LogP contribution in [0.15, 0.2) is 42.5 Å². The van der Waals surface area contributed by atoms with Crippen molar-refractivity contribution >= 4 is 17.4 Å².